The van der Waals surface area contributed by atoms with Gasteiger partial charge in [0.25, 0.3) is 0 Å². The average Bonchev–Trinajstić information content (AvgIpc) is 2.22. The molecule has 0 spiro atoms. The molecule has 4 nitrogen and oxygen atoms in total. The van der Waals surface area contributed by atoms with E-state index in [1.54, 1.807) is 12.1 Å². The third kappa shape index (κ3) is 24.6. The minimum absolute atomic E-state index is 0.283. The van der Waals surface area contributed by atoms with Crippen LogP contribution in [0.2, 0.25) is 0 Å². The van der Waals surface area contributed by atoms with Crippen molar-refractivity contribution >= 4 is 0 Å². The van der Waals surface area contributed by atoms with Crippen LogP contribution in [0.15, 0.2) is 5.22 Å². The van der Waals surface area contributed by atoms with E-state index < -0.39 is 0 Å². The second-order valence-corrected chi connectivity index (χ2v) is 3.65. The highest BCUT2D eigenvalue weighted by Gasteiger charge is 1.98. The second kappa shape index (κ2) is 15.6. The van der Waals surface area contributed by atoms with E-state index in [0.717, 1.165) is 5.92 Å². The Bertz CT molecular complexity index is 149. The molecular weight excluding hydrogens is 188 g/mol. The van der Waals surface area contributed by atoms with Crippen molar-refractivity contribution in [1.29, 1.82) is 0 Å². The molecule has 0 amide bonds. The predicted octanol–water partition coefficient (Wildman–Crippen LogP) is 4.63. The molecule has 0 aliphatic rings. The minimum Gasteiger partial charge on any atom is -0.248 e. The fourth-order valence-corrected chi connectivity index (χ4v) is 0.166. The van der Waals surface area contributed by atoms with Gasteiger partial charge in [-0.25, -0.2) is 5.01 Å². The Balaban J connectivity index is -0.000000177. The molecule has 0 atom stereocenters. The van der Waals surface area contributed by atoms with E-state index in [-0.39, 0.29) is 6.04 Å². The molecule has 0 saturated heterocycles. The number of rotatable bonds is 3. The van der Waals surface area contributed by atoms with Crippen molar-refractivity contribution in [2.45, 2.75) is 60.9 Å². The fourth-order valence-electron chi connectivity index (χ4n) is 0.166. The second-order valence-electron chi connectivity index (χ2n) is 3.65. The molecule has 0 unspecified atom stereocenters. The molecule has 0 aromatic rings. The van der Waals surface area contributed by atoms with Crippen molar-refractivity contribution in [3.8, 4) is 0 Å². The van der Waals surface area contributed by atoms with Gasteiger partial charge >= 0.3 is 0 Å². The van der Waals surface area contributed by atoms with E-state index in [9.17, 15) is 0 Å². The Morgan fingerprint density at radius 3 is 1.60 bits per heavy atom. The predicted molar refractivity (Wildman–Crippen MR) is 68.5 cm³/mol. The summed E-state index contributed by atoms with van der Waals surface area (Å²) in [5.41, 5.74) is 7.90. The van der Waals surface area contributed by atoms with Crippen molar-refractivity contribution in [3.05, 3.63) is 10.4 Å². The summed E-state index contributed by atoms with van der Waals surface area (Å²) in [5.74, 6) is 0.884. The Hall–Kier alpha value is -0.890. The number of hydrogen-bond acceptors (Lipinski definition) is 1. The fraction of sp³-hybridized carbons (Fsp3) is 1.00. The first-order valence-electron chi connectivity index (χ1n) is 5.73. The van der Waals surface area contributed by atoms with Gasteiger partial charge in [0.15, 0.2) is 0 Å². The van der Waals surface area contributed by atoms with Crippen LogP contribution in [0.25, 0.3) is 10.4 Å². The maximum atomic E-state index is 7.90. The summed E-state index contributed by atoms with van der Waals surface area (Å²) in [4.78, 5) is 2.61. The zero-order valence-electron chi connectivity index (χ0n) is 11.7. The Morgan fingerprint density at radius 2 is 1.53 bits per heavy atom. The normalized spacial score (nSPS) is 8.13. The van der Waals surface area contributed by atoms with Gasteiger partial charge in [0.2, 0.25) is 0 Å². The van der Waals surface area contributed by atoms with Crippen LogP contribution in [-0.4, -0.2) is 18.1 Å². The minimum atomic E-state index is 0.283. The molecule has 15 heavy (non-hydrogen) atoms. The monoisotopic (exact) mass is 216 g/mol. The van der Waals surface area contributed by atoms with Crippen molar-refractivity contribution in [2.24, 2.45) is 11.1 Å². The topological polar surface area (TPSA) is 52.0 Å². The summed E-state index contributed by atoms with van der Waals surface area (Å²) in [6.07, 6.45) is 1.31. The third-order valence-electron chi connectivity index (χ3n) is 1.74. The van der Waals surface area contributed by atoms with Crippen LogP contribution in [0.4, 0.5) is 0 Å². The molecule has 0 saturated carbocycles. The molecule has 0 aliphatic carbocycles. The summed E-state index contributed by atoms with van der Waals surface area (Å²) in [6, 6.07) is 0.283. The molecule has 0 fully saturated rings. The number of azide groups is 1. The summed E-state index contributed by atoms with van der Waals surface area (Å²) in [5, 5.41) is 4.89. The summed E-state index contributed by atoms with van der Waals surface area (Å²) < 4.78 is 0. The lowest BCUT2D eigenvalue weighted by molar-refractivity contribution is 0.283. The quantitative estimate of drug-likeness (QED) is 0.293. The summed E-state index contributed by atoms with van der Waals surface area (Å²) in [6.45, 7) is 14.5. The lowest BCUT2D eigenvalue weighted by atomic mass is 10.2. The van der Waals surface area contributed by atoms with E-state index in [1.807, 2.05) is 27.7 Å². The van der Waals surface area contributed by atoms with Gasteiger partial charge in [0.05, 0.1) is 13.1 Å². The highest BCUT2D eigenvalue weighted by molar-refractivity contribution is 4.49. The van der Waals surface area contributed by atoms with Crippen molar-refractivity contribution in [2.75, 3.05) is 7.05 Å². The van der Waals surface area contributed by atoms with Crippen LogP contribution in [0.3, 0.4) is 0 Å². The van der Waals surface area contributed by atoms with Crippen molar-refractivity contribution in [3.63, 3.8) is 0 Å². The molecule has 0 heterocycles. The van der Waals surface area contributed by atoms with Crippen LogP contribution in [0.5, 0.6) is 0 Å². The first kappa shape index (κ1) is 19.6. The van der Waals surface area contributed by atoms with E-state index in [2.05, 4.69) is 30.9 Å². The van der Waals surface area contributed by atoms with Crippen LogP contribution < -0.4 is 0 Å². The van der Waals surface area contributed by atoms with Gasteiger partial charge in [0.1, 0.15) is 0 Å². The van der Waals surface area contributed by atoms with E-state index >= 15 is 0 Å². The summed E-state index contributed by atoms with van der Waals surface area (Å²) >= 11 is 0. The van der Waals surface area contributed by atoms with Crippen LogP contribution in [0.1, 0.15) is 54.9 Å². The Morgan fingerprint density at radius 1 is 1.20 bits per heavy atom. The zero-order valence-corrected chi connectivity index (χ0v) is 11.7. The third-order valence-corrected chi connectivity index (χ3v) is 1.74. The standard InChI is InChI=1S/C5H12.C4H10N4.C2H6/c1-4-5(2)3;1-4(2)8(3)7-6-5;1-2/h5H,4H2,1-3H3;4H,1-3H3;1-2H3. The van der Waals surface area contributed by atoms with Gasteiger partial charge in [-0.05, 0) is 25.0 Å². The smallest absolute Gasteiger partial charge is 0.0931 e. The summed E-state index contributed by atoms with van der Waals surface area (Å²) in [7, 11) is 1.74. The molecule has 0 aromatic heterocycles. The molecule has 0 rings (SSSR count). The van der Waals surface area contributed by atoms with Gasteiger partial charge in [-0.3, -0.25) is 0 Å². The lowest BCUT2D eigenvalue weighted by Gasteiger charge is -2.09. The molecule has 0 aliphatic heterocycles. The van der Waals surface area contributed by atoms with Crippen LogP contribution in [0, 0.1) is 5.92 Å². The van der Waals surface area contributed by atoms with Crippen molar-refractivity contribution < 1.29 is 0 Å². The number of nitrogens with zero attached hydrogens (tertiary/aromatic N) is 4. The SMILES string of the molecule is CC.CC(C)N(C)N=[N+]=[N-].CCC(C)C. The van der Waals surface area contributed by atoms with Crippen LogP contribution in [-0.2, 0) is 0 Å². The largest absolute Gasteiger partial charge is 0.248 e. The molecule has 0 aromatic carbocycles. The zero-order chi connectivity index (χ0) is 12.9. The molecule has 0 bridgehead atoms. The Kier molecular flexibility index (Phi) is 20.4. The van der Waals surface area contributed by atoms with Gasteiger partial charge < -0.3 is 0 Å². The Labute approximate surface area is 95.3 Å². The van der Waals surface area contributed by atoms with Gasteiger partial charge in [-0.1, -0.05) is 41.0 Å². The van der Waals surface area contributed by atoms with Gasteiger partial charge in [0, 0.05) is 0 Å². The maximum Gasteiger partial charge on any atom is 0.0931 e. The van der Waals surface area contributed by atoms with Gasteiger partial charge in [-0.2, -0.15) is 4.91 Å². The van der Waals surface area contributed by atoms with E-state index in [1.165, 1.54) is 6.42 Å². The first-order valence-corrected chi connectivity index (χ1v) is 5.73. The van der Waals surface area contributed by atoms with Crippen molar-refractivity contribution in [1.82, 2.24) is 5.01 Å². The lowest BCUT2D eigenvalue weighted by Crippen LogP contribution is -2.18. The average molecular weight is 216 g/mol. The van der Waals surface area contributed by atoms with Crippen LogP contribution >= 0.6 is 0 Å². The van der Waals surface area contributed by atoms with E-state index in [4.69, 9.17) is 5.53 Å². The molecule has 0 radical (unpaired) electrons. The first-order chi connectivity index (χ1) is 6.95. The maximum absolute atomic E-state index is 7.90. The highest BCUT2D eigenvalue weighted by atomic mass is 15.5. The number of hydrogen-bond donors (Lipinski definition) is 0. The van der Waals surface area contributed by atoms with Gasteiger partial charge in [-0.15, -0.1) is 5.53 Å². The molecular formula is C11H28N4. The van der Waals surface area contributed by atoms with E-state index in [0.29, 0.717) is 0 Å². The molecule has 0 N–H and O–H groups in total. The molecule has 92 valence electrons. The molecule has 4 heteroatoms. The highest BCUT2D eigenvalue weighted by Crippen LogP contribution is 1.94.